The van der Waals surface area contributed by atoms with Gasteiger partial charge in [-0.15, -0.1) is 0 Å². The van der Waals surface area contributed by atoms with E-state index in [1.165, 1.54) is 18.2 Å². The number of benzene rings is 1. The number of anilines is 1. The summed E-state index contributed by atoms with van der Waals surface area (Å²) in [7, 11) is 0. The fourth-order valence-corrected chi connectivity index (χ4v) is 2.64. The Morgan fingerprint density at radius 2 is 2.10 bits per heavy atom. The highest BCUT2D eigenvalue weighted by atomic mass is 79.9. The Labute approximate surface area is 127 Å². The molecular weight excluding hydrogens is 344 g/mol. The summed E-state index contributed by atoms with van der Waals surface area (Å²) >= 11 is 4.80. The molecule has 0 atom stereocenters. The highest BCUT2D eigenvalue weighted by Crippen LogP contribution is 2.23. The summed E-state index contributed by atoms with van der Waals surface area (Å²) in [6.45, 7) is 0.445. The molecule has 0 aliphatic carbocycles. The molecule has 104 valence electrons. The number of rotatable bonds is 4. The lowest BCUT2D eigenvalue weighted by atomic mass is 10.2. The maximum atomic E-state index is 11.7. The van der Waals surface area contributed by atoms with Crippen molar-refractivity contribution in [3.8, 4) is 0 Å². The molecule has 0 radical (unpaired) electrons. The zero-order chi connectivity index (χ0) is 14.5. The van der Waals surface area contributed by atoms with E-state index in [4.69, 9.17) is 5.11 Å². The first-order chi connectivity index (χ1) is 9.56. The van der Waals surface area contributed by atoms with E-state index in [0.29, 0.717) is 16.7 Å². The second-order valence-corrected chi connectivity index (χ2v) is 5.57. The quantitative estimate of drug-likeness (QED) is 0.785. The van der Waals surface area contributed by atoms with Crippen LogP contribution in [0.25, 0.3) is 0 Å². The summed E-state index contributed by atoms with van der Waals surface area (Å²) in [5.74, 6) is -1.01. The minimum atomic E-state index is -1.01. The average molecular weight is 355 g/mol. The normalized spacial score (nSPS) is 10.1. The van der Waals surface area contributed by atoms with Crippen LogP contribution < -0.4 is 10.6 Å². The van der Waals surface area contributed by atoms with Crippen LogP contribution in [0, 0.1) is 0 Å². The minimum absolute atomic E-state index is 0.154. The summed E-state index contributed by atoms with van der Waals surface area (Å²) in [6, 6.07) is 6.00. The molecule has 7 heteroatoms. The molecule has 2 aromatic rings. The number of hydrogen-bond donors (Lipinski definition) is 3. The number of carbonyl (C=O) groups is 2. The lowest BCUT2D eigenvalue weighted by Gasteiger charge is -2.09. The molecule has 0 saturated carbocycles. The summed E-state index contributed by atoms with van der Waals surface area (Å²) in [6.07, 6.45) is 0. The molecule has 20 heavy (non-hydrogen) atoms. The Bertz CT molecular complexity index is 629. The average Bonchev–Trinajstić information content (AvgIpc) is 2.91. The van der Waals surface area contributed by atoms with Gasteiger partial charge in [-0.2, -0.15) is 11.3 Å². The largest absolute Gasteiger partial charge is 0.478 e. The summed E-state index contributed by atoms with van der Waals surface area (Å²) in [4.78, 5) is 22.5. The van der Waals surface area contributed by atoms with Gasteiger partial charge in [-0.3, -0.25) is 0 Å². The second-order valence-electron chi connectivity index (χ2n) is 3.94. The van der Waals surface area contributed by atoms with Crippen LogP contribution in [0.3, 0.4) is 0 Å². The zero-order valence-corrected chi connectivity index (χ0v) is 12.6. The molecule has 0 aliphatic rings. The van der Waals surface area contributed by atoms with Crippen LogP contribution in [-0.4, -0.2) is 17.1 Å². The number of urea groups is 1. The Hall–Kier alpha value is -1.86. The number of carboxylic acid groups (broad SMARTS) is 1. The molecule has 1 heterocycles. The molecular formula is C13H11BrN2O3S. The number of aromatic carboxylic acids is 1. The standard InChI is InChI=1S/C13H11BrN2O3S/c14-10-5-9(12(17)18)1-2-11(10)16-13(19)15-6-8-3-4-20-7-8/h1-5,7H,6H2,(H,17,18)(H2,15,16,19). The number of nitrogens with one attached hydrogen (secondary N) is 2. The first-order valence-electron chi connectivity index (χ1n) is 5.65. The van der Waals surface area contributed by atoms with E-state index >= 15 is 0 Å². The molecule has 0 fully saturated rings. The first-order valence-corrected chi connectivity index (χ1v) is 7.38. The highest BCUT2D eigenvalue weighted by Gasteiger charge is 2.09. The summed E-state index contributed by atoms with van der Waals surface area (Å²) in [5.41, 5.74) is 1.70. The SMILES string of the molecule is O=C(NCc1ccsc1)Nc1ccc(C(=O)O)cc1Br. The number of thiophene rings is 1. The molecule has 0 aliphatic heterocycles. The summed E-state index contributed by atoms with van der Waals surface area (Å²) in [5, 5.41) is 18.1. The van der Waals surface area contributed by atoms with Gasteiger partial charge in [0.05, 0.1) is 11.3 Å². The molecule has 3 N–H and O–H groups in total. The van der Waals surface area contributed by atoms with Gasteiger partial charge in [-0.1, -0.05) is 0 Å². The van der Waals surface area contributed by atoms with Crippen molar-refractivity contribution >= 4 is 45.0 Å². The number of halogens is 1. The molecule has 1 aromatic heterocycles. The van der Waals surface area contributed by atoms with Crippen molar-refractivity contribution in [2.45, 2.75) is 6.54 Å². The predicted octanol–water partition coefficient (Wildman–Crippen LogP) is 3.53. The van der Waals surface area contributed by atoms with Gasteiger partial charge in [0, 0.05) is 11.0 Å². The number of hydrogen-bond acceptors (Lipinski definition) is 3. The first kappa shape index (κ1) is 14.5. The van der Waals surface area contributed by atoms with E-state index in [0.717, 1.165) is 5.56 Å². The van der Waals surface area contributed by atoms with Crippen molar-refractivity contribution in [1.29, 1.82) is 0 Å². The van der Waals surface area contributed by atoms with Crippen molar-refractivity contribution in [2.75, 3.05) is 5.32 Å². The third-order valence-corrected chi connectivity index (χ3v) is 3.89. The van der Waals surface area contributed by atoms with Crippen LogP contribution in [0.15, 0.2) is 39.5 Å². The van der Waals surface area contributed by atoms with Gasteiger partial charge in [0.15, 0.2) is 0 Å². The second kappa shape index (κ2) is 6.53. The Balaban J connectivity index is 1.95. The number of carboxylic acids is 1. The Morgan fingerprint density at radius 3 is 2.70 bits per heavy atom. The zero-order valence-electron chi connectivity index (χ0n) is 10.2. The van der Waals surface area contributed by atoms with Crippen molar-refractivity contribution < 1.29 is 14.7 Å². The van der Waals surface area contributed by atoms with E-state index in [2.05, 4.69) is 26.6 Å². The fraction of sp³-hybridized carbons (Fsp3) is 0.0769. The molecule has 1 aromatic carbocycles. The molecule has 0 spiro atoms. The molecule has 0 saturated heterocycles. The van der Waals surface area contributed by atoms with Gasteiger partial charge in [0.1, 0.15) is 0 Å². The van der Waals surface area contributed by atoms with Crippen molar-refractivity contribution in [1.82, 2.24) is 5.32 Å². The van der Waals surface area contributed by atoms with E-state index in [1.54, 1.807) is 11.3 Å². The van der Waals surface area contributed by atoms with Crippen molar-refractivity contribution in [3.63, 3.8) is 0 Å². The van der Waals surface area contributed by atoms with Crippen LogP contribution in [0.4, 0.5) is 10.5 Å². The monoisotopic (exact) mass is 354 g/mol. The van der Waals surface area contributed by atoms with Gasteiger partial charge in [-0.05, 0) is 56.5 Å². The lowest BCUT2D eigenvalue weighted by molar-refractivity contribution is 0.0697. The van der Waals surface area contributed by atoms with Crippen LogP contribution in [0.2, 0.25) is 0 Å². The lowest BCUT2D eigenvalue weighted by Crippen LogP contribution is -2.28. The van der Waals surface area contributed by atoms with Crippen LogP contribution in [0.1, 0.15) is 15.9 Å². The smallest absolute Gasteiger partial charge is 0.335 e. The molecule has 0 unspecified atom stereocenters. The van der Waals surface area contributed by atoms with Crippen molar-refractivity contribution in [2.24, 2.45) is 0 Å². The van der Waals surface area contributed by atoms with E-state index in [1.807, 2.05) is 16.8 Å². The van der Waals surface area contributed by atoms with Gasteiger partial charge < -0.3 is 15.7 Å². The molecule has 2 amide bonds. The van der Waals surface area contributed by atoms with Gasteiger partial charge in [0.2, 0.25) is 0 Å². The third kappa shape index (κ3) is 3.82. The van der Waals surface area contributed by atoms with Crippen LogP contribution in [-0.2, 0) is 6.54 Å². The minimum Gasteiger partial charge on any atom is -0.478 e. The number of amides is 2. The topological polar surface area (TPSA) is 78.4 Å². The number of carbonyl (C=O) groups excluding carboxylic acids is 1. The maximum absolute atomic E-state index is 11.7. The summed E-state index contributed by atoms with van der Waals surface area (Å²) < 4.78 is 0.517. The van der Waals surface area contributed by atoms with E-state index in [-0.39, 0.29) is 11.6 Å². The highest BCUT2D eigenvalue weighted by molar-refractivity contribution is 9.10. The Kier molecular flexibility index (Phi) is 4.75. The van der Waals surface area contributed by atoms with Gasteiger partial charge >= 0.3 is 12.0 Å². The molecule has 0 bridgehead atoms. The van der Waals surface area contributed by atoms with Crippen LogP contribution in [0.5, 0.6) is 0 Å². The van der Waals surface area contributed by atoms with Crippen LogP contribution >= 0.6 is 27.3 Å². The molecule has 5 nitrogen and oxygen atoms in total. The fourth-order valence-electron chi connectivity index (χ4n) is 1.49. The third-order valence-electron chi connectivity index (χ3n) is 2.50. The van der Waals surface area contributed by atoms with E-state index < -0.39 is 5.97 Å². The maximum Gasteiger partial charge on any atom is 0.335 e. The van der Waals surface area contributed by atoms with Gasteiger partial charge in [-0.25, -0.2) is 9.59 Å². The van der Waals surface area contributed by atoms with Crippen molar-refractivity contribution in [3.05, 3.63) is 50.6 Å². The predicted molar refractivity (Wildman–Crippen MR) is 81.3 cm³/mol. The Morgan fingerprint density at radius 1 is 1.30 bits per heavy atom. The van der Waals surface area contributed by atoms with E-state index in [9.17, 15) is 9.59 Å². The molecule has 2 rings (SSSR count). The van der Waals surface area contributed by atoms with Gasteiger partial charge in [0.25, 0.3) is 0 Å².